The van der Waals surface area contributed by atoms with E-state index >= 15 is 0 Å². The van der Waals surface area contributed by atoms with Gasteiger partial charge in [0.15, 0.2) is 5.82 Å². The summed E-state index contributed by atoms with van der Waals surface area (Å²) >= 11 is 0. The summed E-state index contributed by atoms with van der Waals surface area (Å²) in [5.41, 5.74) is 1.77. The Balaban J connectivity index is 1.35. The molecule has 3 N–H and O–H groups in total. The first-order valence-electron chi connectivity index (χ1n) is 13.9. The van der Waals surface area contributed by atoms with E-state index in [0.717, 1.165) is 32.2 Å². The van der Waals surface area contributed by atoms with Crippen LogP contribution in [0.5, 0.6) is 0 Å². The molecule has 1 aromatic carbocycles. The number of likely N-dealkylation sites (N-methyl/N-ethyl adjacent to an activating group) is 1. The molecule has 0 atom stereocenters. The molecule has 2 aliphatic rings. The smallest absolute Gasteiger partial charge is 0.230 e. The number of rotatable bonds is 9. The maximum absolute atomic E-state index is 13.7. The van der Waals surface area contributed by atoms with Crippen LogP contribution in [0.1, 0.15) is 51.1 Å². The number of nitrogens with zero attached hydrogens (tertiary/aromatic N) is 4. The highest BCUT2D eigenvalue weighted by molar-refractivity contribution is 5.83. The van der Waals surface area contributed by atoms with E-state index in [-0.39, 0.29) is 31.0 Å². The van der Waals surface area contributed by atoms with Crippen LogP contribution in [0.2, 0.25) is 0 Å². The van der Waals surface area contributed by atoms with Crippen LogP contribution >= 0.6 is 0 Å². The summed E-state index contributed by atoms with van der Waals surface area (Å²) in [5, 5.41) is 6.43. The van der Waals surface area contributed by atoms with E-state index in [1.807, 2.05) is 21.0 Å². The van der Waals surface area contributed by atoms with E-state index in [4.69, 9.17) is 14.5 Å². The van der Waals surface area contributed by atoms with Gasteiger partial charge in [-0.15, -0.1) is 0 Å². The molecule has 1 amide bonds. The van der Waals surface area contributed by atoms with E-state index < -0.39 is 11.7 Å². The van der Waals surface area contributed by atoms with Crippen LogP contribution in [0, 0.1) is 11.2 Å². The summed E-state index contributed by atoms with van der Waals surface area (Å²) in [4.78, 5) is 32.3. The Morgan fingerprint density at radius 1 is 1.10 bits per heavy atom. The van der Waals surface area contributed by atoms with Gasteiger partial charge in [0, 0.05) is 30.9 Å². The standard InChI is InChI=1S/C29H38FN7O3/c1-29(27(38)33-21-7-5-4-6-8-21)17-39-26(40-18-29)25-35-23(19-9-11-20(30)12-10-19)24(36-25)22-13-14-31-28(34-22)32-15-16-37(2)3/h9-14,21,26H,4-8,15-18H2,1-3H3,(H,33,38)(H,35,36)(H,31,32,34). The van der Waals surface area contributed by atoms with Gasteiger partial charge in [-0.25, -0.2) is 19.3 Å². The first-order chi connectivity index (χ1) is 19.3. The predicted octanol–water partition coefficient (Wildman–Crippen LogP) is 4.15. The molecule has 214 valence electrons. The number of aromatic amines is 1. The quantitative estimate of drug-likeness (QED) is 0.363. The second-order valence-electron chi connectivity index (χ2n) is 11.2. The fourth-order valence-electron chi connectivity index (χ4n) is 4.98. The number of benzene rings is 1. The molecule has 1 saturated carbocycles. The Kier molecular flexibility index (Phi) is 8.72. The number of imidazole rings is 1. The molecule has 2 fully saturated rings. The van der Waals surface area contributed by atoms with Gasteiger partial charge in [0.25, 0.3) is 0 Å². The Morgan fingerprint density at radius 3 is 2.52 bits per heavy atom. The van der Waals surface area contributed by atoms with E-state index in [0.29, 0.717) is 41.0 Å². The zero-order valence-electron chi connectivity index (χ0n) is 23.4. The molecule has 40 heavy (non-hydrogen) atoms. The van der Waals surface area contributed by atoms with Crippen molar-refractivity contribution in [1.29, 1.82) is 0 Å². The minimum atomic E-state index is -0.789. The molecule has 1 aliphatic heterocycles. The lowest BCUT2D eigenvalue weighted by Gasteiger charge is -2.37. The summed E-state index contributed by atoms with van der Waals surface area (Å²) in [6.07, 6.45) is 6.45. The molecule has 3 aromatic rings. The highest BCUT2D eigenvalue weighted by Gasteiger charge is 2.41. The molecule has 1 aliphatic carbocycles. The first kappa shape index (κ1) is 28.1. The Bertz CT molecular complexity index is 1280. The highest BCUT2D eigenvalue weighted by Crippen LogP contribution is 2.36. The highest BCUT2D eigenvalue weighted by atomic mass is 19.1. The largest absolute Gasteiger partial charge is 0.353 e. The third-order valence-electron chi connectivity index (χ3n) is 7.41. The number of halogens is 1. The van der Waals surface area contributed by atoms with Crippen LogP contribution in [-0.2, 0) is 14.3 Å². The zero-order valence-corrected chi connectivity index (χ0v) is 23.4. The topological polar surface area (TPSA) is 117 Å². The van der Waals surface area contributed by atoms with Gasteiger partial charge < -0.3 is 30.0 Å². The van der Waals surface area contributed by atoms with E-state index in [1.165, 1.54) is 18.6 Å². The number of hydrogen-bond acceptors (Lipinski definition) is 8. The molecule has 3 heterocycles. The van der Waals surface area contributed by atoms with Crippen molar-refractivity contribution in [2.24, 2.45) is 5.41 Å². The van der Waals surface area contributed by atoms with Gasteiger partial charge in [-0.3, -0.25) is 4.79 Å². The number of anilines is 1. The van der Waals surface area contributed by atoms with Crippen LogP contribution in [0.25, 0.3) is 22.6 Å². The number of carbonyl (C=O) groups is 1. The maximum atomic E-state index is 13.7. The molecule has 0 unspecified atom stereocenters. The molecule has 5 rings (SSSR count). The van der Waals surface area contributed by atoms with Crippen LogP contribution < -0.4 is 10.6 Å². The Morgan fingerprint density at radius 2 is 1.82 bits per heavy atom. The van der Waals surface area contributed by atoms with Crippen molar-refractivity contribution in [3.63, 3.8) is 0 Å². The lowest BCUT2D eigenvalue weighted by atomic mass is 9.89. The van der Waals surface area contributed by atoms with Gasteiger partial charge >= 0.3 is 0 Å². The molecular formula is C29H38FN7O3. The molecule has 2 aromatic heterocycles. The molecule has 0 spiro atoms. The number of amides is 1. The zero-order chi connectivity index (χ0) is 28.1. The normalized spacial score (nSPS) is 21.9. The van der Waals surface area contributed by atoms with Crippen molar-refractivity contribution in [3.05, 3.63) is 48.2 Å². The average Bonchev–Trinajstić information content (AvgIpc) is 3.40. The summed E-state index contributed by atoms with van der Waals surface area (Å²) in [5.74, 6) is 0.565. The summed E-state index contributed by atoms with van der Waals surface area (Å²) in [7, 11) is 4.00. The summed E-state index contributed by atoms with van der Waals surface area (Å²) in [6, 6.07) is 8.14. The minimum absolute atomic E-state index is 0.0414. The molecule has 0 bridgehead atoms. The average molecular weight is 552 g/mol. The van der Waals surface area contributed by atoms with E-state index in [9.17, 15) is 9.18 Å². The number of nitrogens with one attached hydrogen (secondary N) is 3. The molecule has 10 nitrogen and oxygen atoms in total. The number of aromatic nitrogens is 4. The van der Waals surface area contributed by atoms with Crippen molar-refractivity contribution < 1.29 is 18.7 Å². The number of carbonyl (C=O) groups excluding carboxylic acids is 1. The molecule has 1 saturated heterocycles. The summed E-state index contributed by atoms with van der Waals surface area (Å²) in [6.45, 7) is 3.78. The maximum Gasteiger partial charge on any atom is 0.230 e. The Hall–Kier alpha value is -3.41. The van der Waals surface area contributed by atoms with Gasteiger partial charge in [0.2, 0.25) is 18.1 Å². The predicted molar refractivity (Wildman–Crippen MR) is 150 cm³/mol. The van der Waals surface area contributed by atoms with E-state index in [1.54, 1.807) is 24.4 Å². The fourth-order valence-corrected chi connectivity index (χ4v) is 4.98. The third kappa shape index (κ3) is 6.65. The van der Waals surface area contributed by atoms with Gasteiger partial charge in [-0.05, 0) is 64.2 Å². The van der Waals surface area contributed by atoms with Crippen LogP contribution in [-0.4, -0.2) is 77.2 Å². The number of H-pyrrole nitrogens is 1. The summed E-state index contributed by atoms with van der Waals surface area (Å²) < 4.78 is 25.8. The lowest BCUT2D eigenvalue weighted by Crippen LogP contribution is -2.51. The van der Waals surface area contributed by atoms with Crippen molar-refractivity contribution in [2.75, 3.05) is 45.7 Å². The number of ether oxygens (including phenoxy) is 2. The van der Waals surface area contributed by atoms with Gasteiger partial charge in [0.05, 0.1) is 35.7 Å². The van der Waals surface area contributed by atoms with Crippen molar-refractivity contribution >= 4 is 11.9 Å². The molecule has 11 heteroatoms. The lowest BCUT2D eigenvalue weighted by molar-refractivity contribution is -0.231. The van der Waals surface area contributed by atoms with Crippen LogP contribution in [0.15, 0.2) is 36.5 Å². The third-order valence-corrected chi connectivity index (χ3v) is 7.41. The monoisotopic (exact) mass is 551 g/mol. The second-order valence-corrected chi connectivity index (χ2v) is 11.2. The minimum Gasteiger partial charge on any atom is -0.353 e. The number of hydrogen-bond donors (Lipinski definition) is 3. The van der Waals surface area contributed by atoms with Crippen LogP contribution in [0.4, 0.5) is 10.3 Å². The van der Waals surface area contributed by atoms with E-state index in [2.05, 4.69) is 30.5 Å². The van der Waals surface area contributed by atoms with Crippen molar-refractivity contribution in [2.45, 2.75) is 51.4 Å². The fraction of sp³-hybridized carbons (Fsp3) is 0.517. The Labute approximate surface area is 234 Å². The van der Waals surface area contributed by atoms with Gasteiger partial charge in [-0.1, -0.05) is 19.3 Å². The molecule has 0 radical (unpaired) electrons. The van der Waals surface area contributed by atoms with Gasteiger partial charge in [-0.2, -0.15) is 0 Å². The first-order valence-corrected chi connectivity index (χ1v) is 13.9. The van der Waals surface area contributed by atoms with Crippen molar-refractivity contribution in [1.82, 2.24) is 30.2 Å². The SMILES string of the molecule is CN(C)CCNc1nccc(-c2[nH]c(C3OCC(C)(C(=O)NC4CCCCC4)CO3)nc2-c2ccc(F)cc2)n1. The second kappa shape index (κ2) is 12.4. The van der Waals surface area contributed by atoms with Gasteiger partial charge in [0.1, 0.15) is 5.82 Å². The van der Waals surface area contributed by atoms with Crippen molar-refractivity contribution in [3.8, 4) is 22.6 Å². The van der Waals surface area contributed by atoms with Crippen LogP contribution in [0.3, 0.4) is 0 Å². The molecular weight excluding hydrogens is 513 g/mol.